The van der Waals surface area contributed by atoms with Crippen LogP contribution < -0.4 is 10.6 Å². The minimum Gasteiger partial charge on any atom is -0.381 e. The number of ether oxygens (including phenoxy) is 1. The second kappa shape index (κ2) is 9.79. The first-order chi connectivity index (χ1) is 15.6. The Bertz CT molecular complexity index is 1060. The Morgan fingerprint density at radius 3 is 2.12 bits per heavy atom. The number of anilines is 1. The van der Waals surface area contributed by atoms with Gasteiger partial charge in [0.1, 0.15) is 0 Å². The second-order valence-corrected chi connectivity index (χ2v) is 8.17. The maximum atomic E-state index is 13.6. The molecular formula is C27H28N2O3. The van der Waals surface area contributed by atoms with Gasteiger partial charge in [0.25, 0.3) is 5.91 Å². The van der Waals surface area contributed by atoms with Crippen molar-refractivity contribution in [3.63, 3.8) is 0 Å². The molecule has 4 rings (SSSR count). The topological polar surface area (TPSA) is 67.4 Å². The monoisotopic (exact) mass is 428 g/mol. The summed E-state index contributed by atoms with van der Waals surface area (Å²) in [5.41, 5.74) is 2.27. The summed E-state index contributed by atoms with van der Waals surface area (Å²) in [5.74, 6) is -0.332. The van der Waals surface area contributed by atoms with Crippen LogP contribution in [-0.4, -0.2) is 25.0 Å². The maximum Gasteiger partial charge on any atom is 0.253 e. The lowest BCUT2D eigenvalue weighted by atomic mass is 9.73. The summed E-state index contributed by atoms with van der Waals surface area (Å²) in [6, 6.07) is 26.6. The highest BCUT2D eigenvalue weighted by atomic mass is 16.5. The number of rotatable bonds is 6. The summed E-state index contributed by atoms with van der Waals surface area (Å²) in [7, 11) is 0. The van der Waals surface area contributed by atoms with Crippen molar-refractivity contribution < 1.29 is 14.3 Å². The normalized spacial score (nSPS) is 16.0. The molecule has 1 fully saturated rings. The van der Waals surface area contributed by atoms with Crippen molar-refractivity contribution in [3.05, 3.63) is 102 Å². The minimum atomic E-state index is -0.680. The van der Waals surface area contributed by atoms with Gasteiger partial charge in [0.2, 0.25) is 5.91 Å². The van der Waals surface area contributed by atoms with Gasteiger partial charge in [0.05, 0.1) is 22.7 Å². The van der Waals surface area contributed by atoms with Crippen molar-refractivity contribution in [3.8, 4) is 0 Å². The van der Waals surface area contributed by atoms with E-state index in [9.17, 15) is 9.59 Å². The molecule has 1 heterocycles. The van der Waals surface area contributed by atoms with E-state index >= 15 is 0 Å². The number of hydrogen-bond acceptors (Lipinski definition) is 3. The molecule has 0 radical (unpaired) electrons. The van der Waals surface area contributed by atoms with Crippen molar-refractivity contribution in [2.24, 2.45) is 0 Å². The number of benzene rings is 3. The van der Waals surface area contributed by atoms with E-state index in [0.29, 0.717) is 37.3 Å². The summed E-state index contributed by atoms with van der Waals surface area (Å²) in [6.45, 7) is 3.00. The van der Waals surface area contributed by atoms with Crippen molar-refractivity contribution >= 4 is 17.5 Å². The van der Waals surface area contributed by atoms with Crippen LogP contribution in [0, 0.1) is 0 Å². The zero-order chi connectivity index (χ0) is 22.4. The number of amides is 2. The molecule has 1 atom stereocenters. The van der Waals surface area contributed by atoms with Gasteiger partial charge in [-0.15, -0.1) is 0 Å². The first kappa shape index (κ1) is 21.8. The fraction of sp³-hybridized carbons (Fsp3) is 0.259. The fourth-order valence-electron chi connectivity index (χ4n) is 4.26. The molecule has 1 saturated heterocycles. The molecule has 1 aliphatic rings. The predicted molar refractivity (Wildman–Crippen MR) is 126 cm³/mol. The van der Waals surface area contributed by atoms with Gasteiger partial charge >= 0.3 is 0 Å². The van der Waals surface area contributed by atoms with Crippen LogP contribution in [0.2, 0.25) is 0 Å². The average Bonchev–Trinajstić information content (AvgIpc) is 2.85. The standard InChI is InChI=1S/C27H28N2O3/c1-20(21-10-4-2-5-11-21)28-25(30)23-14-8-9-15-24(23)29-26(31)27(16-18-32-19-17-27)22-12-6-3-7-13-22/h2-15,20H,16-19H2,1H3,(H,28,30)(H,29,31). The third-order valence-electron chi connectivity index (χ3n) is 6.17. The summed E-state index contributed by atoms with van der Waals surface area (Å²) < 4.78 is 5.55. The molecule has 1 aliphatic heterocycles. The molecule has 5 nitrogen and oxygen atoms in total. The number of carbonyl (C=O) groups is 2. The molecule has 1 unspecified atom stereocenters. The summed E-state index contributed by atoms with van der Waals surface area (Å²) in [5, 5.41) is 6.09. The van der Waals surface area contributed by atoms with E-state index in [1.54, 1.807) is 18.2 Å². The van der Waals surface area contributed by atoms with E-state index in [2.05, 4.69) is 10.6 Å². The molecule has 2 N–H and O–H groups in total. The van der Waals surface area contributed by atoms with Crippen molar-refractivity contribution in [2.45, 2.75) is 31.2 Å². The molecule has 164 valence electrons. The van der Waals surface area contributed by atoms with Gasteiger partial charge in [-0.05, 0) is 43.0 Å². The van der Waals surface area contributed by atoms with E-state index in [0.717, 1.165) is 11.1 Å². The van der Waals surface area contributed by atoms with Crippen LogP contribution >= 0.6 is 0 Å². The Morgan fingerprint density at radius 2 is 1.44 bits per heavy atom. The Hall–Kier alpha value is -3.44. The fourth-order valence-corrected chi connectivity index (χ4v) is 4.26. The zero-order valence-electron chi connectivity index (χ0n) is 18.2. The van der Waals surface area contributed by atoms with E-state index in [1.807, 2.05) is 73.7 Å². The number of carbonyl (C=O) groups excluding carboxylic acids is 2. The molecule has 0 saturated carbocycles. The van der Waals surface area contributed by atoms with Crippen LogP contribution in [0.3, 0.4) is 0 Å². The first-order valence-electron chi connectivity index (χ1n) is 11.0. The van der Waals surface area contributed by atoms with Crippen molar-refractivity contribution in [1.29, 1.82) is 0 Å². The quantitative estimate of drug-likeness (QED) is 0.589. The van der Waals surface area contributed by atoms with Crippen molar-refractivity contribution in [1.82, 2.24) is 5.32 Å². The van der Waals surface area contributed by atoms with Crippen molar-refractivity contribution in [2.75, 3.05) is 18.5 Å². The Balaban J connectivity index is 1.57. The van der Waals surface area contributed by atoms with Crippen LogP contribution in [0.1, 0.15) is 47.3 Å². The highest BCUT2D eigenvalue weighted by molar-refractivity contribution is 6.06. The van der Waals surface area contributed by atoms with Gasteiger partial charge < -0.3 is 15.4 Å². The number of nitrogens with one attached hydrogen (secondary N) is 2. The van der Waals surface area contributed by atoms with Gasteiger partial charge in [0, 0.05) is 13.2 Å². The van der Waals surface area contributed by atoms with E-state index in [4.69, 9.17) is 4.74 Å². The zero-order valence-corrected chi connectivity index (χ0v) is 18.2. The van der Waals surface area contributed by atoms with Crippen LogP contribution in [0.25, 0.3) is 0 Å². The molecule has 3 aromatic rings. The van der Waals surface area contributed by atoms with Crippen LogP contribution in [-0.2, 0) is 14.9 Å². The number of hydrogen-bond donors (Lipinski definition) is 2. The smallest absolute Gasteiger partial charge is 0.253 e. The lowest BCUT2D eigenvalue weighted by Gasteiger charge is -2.36. The Kier molecular flexibility index (Phi) is 6.66. The SMILES string of the molecule is CC(NC(=O)c1ccccc1NC(=O)C1(c2ccccc2)CCOCC1)c1ccccc1. The summed E-state index contributed by atoms with van der Waals surface area (Å²) in [4.78, 5) is 26.7. The minimum absolute atomic E-state index is 0.108. The molecule has 3 aromatic carbocycles. The van der Waals surface area contributed by atoms with Crippen LogP contribution in [0.5, 0.6) is 0 Å². The average molecular weight is 429 g/mol. The summed E-state index contributed by atoms with van der Waals surface area (Å²) >= 11 is 0. The Morgan fingerprint density at radius 1 is 0.844 bits per heavy atom. The third-order valence-corrected chi connectivity index (χ3v) is 6.17. The van der Waals surface area contributed by atoms with E-state index in [1.165, 1.54) is 0 Å². The highest BCUT2D eigenvalue weighted by Gasteiger charge is 2.42. The highest BCUT2D eigenvalue weighted by Crippen LogP contribution is 2.36. The van der Waals surface area contributed by atoms with Gasteiger partial charge in [-0.3, -0.25) is 9.59 Å². The molecule has 32 heavy (non-hydrogen) atoms. The molecule has 0 aliphatic carbocycles. The number of para-hydroxylation sites is 1. The van der Waals surface area contributed by atoms with E-state index < -0.39 is 5.41 Å². The molecule has 0 spiro atoms. The van der Waals surface area contributed by atoms with Gasteiger partial charge in [-0.2, -0.15) is 0 Å². The maximum absolute atomic E-state index is 13.6. The first-order valence-corrected chi connectivity index (χ1v) is 11.0. The molecule has 0 bridgehead atoms. The van der Waals surface area contributed by atoms with Crippen LogP contribution in [0.15, 0.2) is 84.9 Å². The lowest BCUT2D eigenvalue weighted by molar-refractivity contribution is -0.125. The van der Waals surface area contributed by atoms with Gasteiger partial charge in [-0.25, -0.2) is 0 Å². The predicted octanol–water partition coefficient (Wildman–Crippen LogP) is 4.86. The molecule has 2 amide bonds. The Labute approximate surface area is 188 Å². The molecule has 0 aromatic heterocycles. The van der Waals surface area contributed by atoms with Gasteiger partial charge in [-0.1, -0.05) is 72.8 Å². The molecule has 5 heteroatoms. The summed E-state index contributed by atoms with van der Waals surface area (Å²) in [6.07, 6.45) is 1.20. The molecular weight excluding hydrogens is 400 g/mol. The largest absolute Gasteiger partial charge is 0.381 e. The lowest BCUT2D eigenvalue weighted by Crippen LogP contribution is -2.45. The third kappa shape index (κ3) is 4.58. The second-order valence-electron chi connectivity index (χ2n) is 8.17. The van der Waals surface area contributed by atoms with Crippen LogP contribution in [0.4, 0.5) is 5.69 Å². The van der Waals surface area contributed by atoms with E-state index in [-0.39, 0.29) is 17.9 Å². The van der Waals surface area contributed by atoms with Gasteiger partial charge in [0.15, 0.2) is 0 Å².